The fourth-order valence-corrected chi connectivity index (χ4v) is 5.02. The normalized spacial score (nSPS) is 12.0. The molecule has 1 N–H and O–H groups in total. The highest BCUT2D eigenvalue weighted by Gasteiger charge is 2.29. The first-order chi connectivity index (χ1) is 18.9. The van der Waals surface area contributed by atoms with Crippen LogP contribution in [0.25, 0.3) is 10.9 Å². The predicted octanol–water partition coefficient (Wildman–Crippen LogP) is 5.97. The van der Waals surface area contributed by atoms with E-state index >= 15 is 0 Å². The number of carbonyl (C=O) groups is 1. The number of fused-ring (bicyclic) bond motifs is 1. The van der Waals surface area contributed by atoms with Gasteiger partial charge in [0, 0.05) is 35.4 Å². The van der Waals surface area contributed by atoms with Crippen molar-refractivity contribution >= 4 is 28.4 Å². The Balaban J connectivity index is 1.65. The zero-order valence-electron chi connectivity index (χ0n) is 22.0. The summed E-state index contributed by atoms with van der Waals surface area (Å²) >= 11 is 6.30. The van der Waals surface area contributed by atoms with Crippen LogP contribution >= 0.6 is 11.6 Å². The first-order valence-corrected chi connectivity index (χ1v) is 13.4. The van der Waals surface area contributed by atoms with Crippen LogP contribution in [0, 0.1) is 6.92 Å². The minimum atomic E-state index is -0.457. The molecule has 2 heterocycles. The van der Waals surface area contributed by atoms with Crippen molar-refractivity contribution in [1.29, 1.82) is 0 Å². The van der Waals surface area contributed by atoms with Gasteiger partial charge in [-0.05, 0) is 49.2 Å². The van der Waals surface area contributed by atoms with E-state index in [-0.39, 0.29) is 11.5 Å². The van der Waals surface area contributed by atoms with Gasteiger partial charge in [0.05, 0.1) is 29.8 Å². The number of carbonyl (C=O) groups excluding carboxylic acids is 1. The lowest BCUT2D eigenvalue weighted by Gasteiger charge is -2.32. The molecule has 0 aliphatic rings. The van der Waals surface area contributed by atoms with Crippen LogP contribution < -0.4 is 5.56 Å². The van der Waals surface area contributed by atoms with Crippen LogP contribution in [-0.4, -0.2) is 36.9 Å². The summed E-state index contributed by atoms with van der Waals surface area (Å²) in [6, 6.07) is 22.0. The lowest BCUT2D eigenvalue weighted by molar-refractivity contribution is 0.0659. The number of imidazole rings is 1. The number of aromatic nitrogens is 4. The van der Waals surface area contributed by atoms with Crippen molar-refractivity contribution < 1.29 is 4.79 Å². The molecule has 0 saturated carbocycles. The SMILES string of the molecule is CCC(c1nc2cc(Cl)ccc2c(=O)n1Cc1ccccc1)N(CCc1cnc[nH]1)C(=O)c1ccc(C)cc1. The first-order valence-electron chi connectivity index (χ1n) is 13.0. The van der Waals surface area contributed by atoms with Gasteiger partial charge >= 0.3 is 0 Å². The minimum absolute atomic E-state index is 0.118. The lowest BCUT2D eigenvalue weighted by atomic mass is 10.1. The molecule has 1 unspecified atom stereocenters. The Bertz CT molecular complexity index is 1630. The van der Waals surface area contributed by atoms with Crippen LogP contribution in [0.4, 0.5) is 0 Å². The van der Waals surface area contributed by atoms with E-state index < -0.39 is 6.04 Å². The maximum Gasteiger partial charge on any atom is 0.261 e. The molecule has 8 heteroatoms. The molecule has 1 amide bonds. The fourth-order valence-electron chi connectivity index (χ4n) is 4.85. The van der Waals surface area contributed by atoms with Crippen molar-refractivity contribution in [3.63, 3.8) is 0 Å². The molecule has 0 aliphatic heterocycles. The number of aryl methyl sites for hydroxylation is 1. The summed E-state index contributed by atoms with van der Waals surface area (Å²) in [5.41, 5.74) is 3.91. The third-order valence-corrected chi connectivity index (χ3v) is 7.16. The molecule has 0 aliphatic carbocycles. The molecule has 0 radical (unpaired) electrons. The summed E-state index contributed by atoms with van der Waals surface area (Å²) in [6.07, 6.45) is 4.53. The van der Waals surface area contributed by atoms with E-state index in [4.69, 9.17) is 16.6 Å². The van der Waals surface area contributed by atoms with E-state index in [1.54, 1.807) is 35.3 Å². The Labute approximate surface area is 232 Å². The largest absolute Gasteiger partial charge is 0.348 e. The van der Waals surface area contributed by atoms with Gasteiger partial charge in [0.2, 0.25) is 0 Å². The lowest BCUT2D eigenvalue weighted by Crippen LogP contribution is -2.40. The summed E-state index contributed by atoms with van der Waals surface area (Å²) in [6.45, 7) is 4.76. The van der Waals surface area contributed by atoms with Crippen molar-refractivity contribution in [2.75, 3.05) is 6.54 Å². The van der Waals surface area contributed by atoms with Gasteiger partial charge < -0.3 is 9.88 Å². The number of halogens is 1. The fraction of sp³-hybridized carbons (Fsp3) is 0.226. The van der Waals surface area contributed by atoms with Crippen LogP contribution in [0.5, 0.6) is 0 Å². The Kier molecular flexibility index (Phi) is 7.89. The molecule has 3 aromatic carbocycles. The van der Waals surface area contributed by atoms with E-state index in [0.717, 1.165) is 16.8 Å². The Morgan fingerprint density at radius 2 is 1.85 bits per heavy atom. The van der Waals surface area contributed by atoms with Crippen molar-refractivity contribution in [2.45, 2.75) is 39.3 Å². The van der Waals surface area contributed by atoms with Crippen molar-refractivity contribution in [2.24, 2.45) is 0 Å². The second kappa shape index (κ2) is 11.7. The Morgan fingerprint density at radius 1 is 1.08 bits per heavy atom. The smallest absolute Gasteiger partial charge is 0.261 e. The summed E-state index contributed by atoms with van der Waals surface area (Å²) in [5.74, 6) is 0.416. The average molecular weight is 540 g/mol. The van der Waals surface area contributed by atoms with Gasteiger partial charge in [0.1, 0.15) is 5.82 Å². The van der Waals surface area contributed by atoms with Crippen LogP contribution in [-0.2, 0) is 13.0 Å². The van der Waals surface area contributed by atoms with Crippen LogP contribution in [0.2, 0.25) is 5.02 Å². The van der Waals surface area contributed by atoms with E-state index in [1.807, 2.05) is 73.3 Å². The average Bonchev–Trinajstić information content (AvgIpc) is 3.47. The molecule has 39 heavy (non-hydrogen) atoms. The predicted molar refractivity (Wildman–Crippen MR) is 154 cm³/mol. The second-order valence-corrected chi connectivity index (χ2v) is 10.1. The quantitative estimate of drug-likeness (QED) is 0.250. The van der Waals surface area contributed by atoms with Gasteiger partial charge in [0.25, 0.3) is 11.5 Å². The van der Waals surface area contributed by atoms with Crippen molar-refractivity contribution in [3.8, 4) is 0 Å². The number of nitrogens with zero attached hydrogens (tertiary/aromatic N) is 4. The maximum atomic E-state index is 14.0. The Hall–Kier alpha value is -4.23. The number of aromatic amines is 1. The number of hydrogen-bond donors (Lipinski definition) is 1. The molecular weight excluding hydrogens is 510 g/mol. The summed E-state index contributed by atoms with van der Waals surface area (Å²) < 4.78 is 1.70. The van der Waals surface area contributed by atoms with Gasteiger partial charge in [0.15, 0.2) is 0 Å². The van der Waals surface area contributed by atoms with Crippen molar-refractivity contribution in [1.82, 2.24) is 24.4 Å². The molecule has 1 atom stereocenters. The van der Waals surface area contributed by atoms with Gasteiger partial charge in [-0.1, -0.05) is 66.6 Å². The van der Waals surface area contributed by atoms with E-state index in [1.165, 1.54) is 0 Å². The van der Waals surface area contributed by atoms with Gasteiger partial charge in [-0.2, -0.15) is 0 Å². The molecule has 0 fully saturated rings. The Morgan fingerprint density at radius 3 is 2.54 bits per heavy atom. The van der Waals surface area contributed by atoms with Gasteiger partial charge in [-0.15, -0.1) is 0 Å². The molecule has 7 nitrogen and oxygen atoms in total. The first kappa shape index (κ1) is 26.4. The second-order valence-electron chi connectivity index (χ2n) is 9.62. The number of benzene rings is 3. The van der Waals surface area contributed by atoms with E-state index in [2.05, 4.69) is 9.97 Å². The zero-order chi connectivity index (χ0) is 27.4. The highest BCUT2D eigenvalue weighted by molar-refractivity contribution is 6.31. The molecular formula is C31H30ClN5O2. The third kappa shape index (κ3) is 5.78. The molecule has 5 rings (SSSR count). The number of H-pyrrole nitrogens is 1. The number of rotatable bonds is 9. The molecule has 0 saturated heterocycles. The zero-order valence-corrected chi connectivity index (χ0v) is 22.7. The van der Waals surface area contributed by atoms with E-state index in [9.17, 15) is 9.59 Å². The topological polar surface area (TPSA) is 83.9 Å². The summed E-state index contributed by atoms with van der Waals surface area (Å²) in [7, 11) is 0. The van der Waals surface area contributed by atoms with Gasteiger partial charge in [-0.3, -0.25) is 14.2 Å². The third-order valence-electron chi connectivity index (χ3n) is 6.93. The standard InChI is InChI=1S/C31H30ClN5O2/c1-3-28(36(16-15-25-18-33-20-34-25)30(38)23-11-9-21(2)10-12-23)29-35-27-17-24(32)13-14-26(27)31(39)37(29)19-22-7-5-4-6-8-22/h4-14,17-18,20,28H,3,15-16,19H2,1-2H3,(H,33,34). The maximum absolute atomic E-state index is 14.0. The molecule has 0 bridgehead atoms. The summed E-state index contributed by atoms with van der Waals surface area (Å²) in [5, 5.41) is 0.990. The highest BCUT2D eigenvalue weighted by atomic mass is 35.5. The molecule has 198 valence electrons. The van der Waals surface area contributed by atoms with Crippen LogP contribution in [0.15, 0.2) is 90.1 Å². The monoisotopic (exact) mass is 539 g/mol. The number of amides is 1. The highest BCUT2D eigenvalue weighted by Crippen LogP contribution is 2.27. The van der Waals surface area contributed by atoms with Crippen LogP contribution in [0.1, 0.15) is 52.4 Å². The van der Waals surface area contributed by atoms with Gasteiger partial charge in [-0.25, -0.2) is 9.97 Å². The van der Waals surface area contributed by atoms with Crippen LogP contribution in [0.3, 0.4) is 0 Å². The summed E-state index contributed by atoms with van der Waals surface area (Å²) in [4.78, 5) is 42.0. The van der Waals surface area contributed by atoms with E-state index in [0.29, 0.717) is 53.2 Å². The minimum Gasteiger partial charge on any atom is -0.348 e. The molecule has 0 spiro atoms. The van der Waals surface area contributed by atoms with Crippen molar-refractivity contribution in [3.05, 3.63) is 129 Å². The molecule has 2 aromatic heterocycles. The number of nitrogens with one attached hydrogen (secondary N) is 1. The number of hydrogen-bond acceptors (Lipinski definition) is 4. The molecule has 5 aromatic rings.